The minimum atomic E-state index is -3.52. The van der Waals surface area contributed by atoms with Crippen LogP contribution in [0.4, 0.5) is 0 Å². The Kier molecular flexibility index (Phi) is 6.30. The summed E-state index contributed by atoms with van der Waals surface area (Å²) in [4.78, 5) is 0.294. The summed E-state index contributed by atoms with van der Waals surface area (Å²) < 4.78 is 29.8. The summed E-state index contributed by atoms with van der Waals surface area (Å²) in [6.07, 6.45) is 1.81. The van der Waals surface area contributed by atoms with Crippen molar-refractivity contribution in [3.63, 3.8) is 0 Å². The van der Waals surface area contributed by atoms with Crippen LogP contribution in [0.25, 0.3) is 17.1 Å². The molecule has 0 amide bonds. The number of hydrogen-bond donors (Lipinski definition) is 0. The van der Waals surface area contributed by atoms with E-state index in [9.17, 15) is 8.42 Å². The Bertz CT molecular complexity index is 1330. The van der Waals surface area contributed by atoms with Gasteiger partial charge in [0.2, 0.25) is 10.0 Å². The molecule has 1 aromatic heterocycles. The molecule has 33 heavy (non-hydrogen) atoms. The molecule has 0 radical (unpaired) electrons. The molecule has 168 valence electrons. The van der Waals surface area contributed by atoms with E-state index >= 15 is 0 Å². The first kappa shape index (κ1) is 21.9. The first-order chi connectivity index (χ1) is 16.1. The van der Waals surface area contributed by atoms with E-state index in [1.165, 1.54) is 5.56 Å². The second-order valence-corrected chi connectivity index (χ2v) is 10.8. The van der Waals surface area contributed by atoms with Gasteiger partial charge in [-0.15, -0.1) is 10.2 Å². The van der Waals surface area contributed by atoms with Crippen LogP contribution in [-0.2, 0) is 15.8 Å². The highest BCUT2D eigenvalue weighted by Crippen LogP contribution is 2.31. The Hall–Kier alpha value is -2.94. The Morgan fingerprint density at radius 2 is 1.52 bits per heavy atom. The molecule has 2 heterocycles. The fourth-order valence-corrected chi connectivity index (χ4v) is 6.43. The van der Waals surface area contributed by atoms with Gasteiger partial charge >= 0.3 is 0 Å². The fraction of sp³-hybridized carbons (Fsp3) is 0.200. The summed E-state index contributed by atoms with van der Waals surface area (Å²) in [5.41, 5.74) is 2.85. The highest BCUT2D eigenvalue weighted by Gasteiger charge is 2.28. The van der Waals surface area contributed by atoms with Gasteiger partial charge in [-0.2, -0.15) is 4.31 Å². The molecule has 0 unspecified atom stereocenters. The molecule has 0 aliphatic carbocycles. The van der Waals surface area contributed by atoms with Crippen LogP contribution in [0, 0.1) is 0 Å². The van der Waals surface area contributed by atoms with E-state index in [-0.39, 0.29) is 0 Å². The highest BCUT2D eigenvalue weighted by atomic mass is 32.2. The molecule has 0 saturated carbocycles. The van der Waals surface area contributed by atoms with Crippen LogP contribution in [0.3, 0.4) is 0 Å². The second kappa shape index (κ2) is 9.51. The lowest BCUT2D eigenvalue weighted by Gasteiger charge is -2.16. The van der Waals surface area contributed by atoms with Crippen molar-refractivity contribution in [1.82, 2.24) is 19.1 Å². The summed E-state index contributed by atoms with van der Waals surface area (Å²) >= 11 is 1.60. The maximum atomic E-state index is 13.1. The van der Waals surface area contributed by atoms with Crippen molar-refractivity contribution in [3.05, 3.63) is 90.5 Å². The van der Waals surface area contributed by atoms with E-state index in [0.717, 1.165) is 35.0 Å². The number of nitrogens with zero attached hydrogens (tertiary/aromatic N) is 4. The Balaban J connectivity index is 1.54. The Labute approximate surface area is 198 Å². The monoisotopic (exact) mass is 476 g/mol. The van der Waals surface area contributed by atoms with Gasteiger partial charge in [-0.1, -0.05) is 72.4 Å². The van der Waals surface area contributed by atoms with Crippen molar-refractivity contribution < 1.29 is 8.42 Å². The third kappa shape index (κ3) is 4.59. The first-order valence-electron chi connectivity index (χ1n) is 10.9. The molecular weight excluding hydrogens is 452 g/mol. The average Bonchev–Trinajstić information content (AvgIpc) is 3.55. The molecule has 6 nitrogen and oxygen atoms in total. The molecule has 0 spiro atoms. The van der Waals surface area contributed by atoms with E-state index in [4.69, 9.17) is 0 Å². The number of benzene rings is 3. The molecule has 3 aromatic carbocycles. The maximum absolute atomic E-state index is 13.1. The van der Waals surface area contributed by atoms with Crippen molar-refractivity contribution >= 4 is 21.8 Å². The van der Waals surface area contributed by atoms with E-state index in [2.05, 4.69) is 22.3 Å². The molecule has 1 aliphatic rings. The van der Waals surface area contributed by atoms with Crippen LogP contribution in [0.15, 0.2) is 95.0 Å². The van der Waals surface area contributed by atoms with Gasteiger partial charge in [0.15, 0.2) is 11.0 Å². The molecule has 1 aliphatic heterocycles. The molecule has 0 bridgehead atoms. The van der Waals surface area contributed by atoms with Gasteiger partial charge in [0, 0.05) is 30.1 Å². The minimum Gasteiger partial charge on any atom is -0.270 e. The second-order valence-electron chi connectivity index (χ2n) is 7.89. The lowest BCUT2D eigenvalue weighted by molar-refractivity contribution is 0.477. The van der Waals surface area contributed by atoms with Gasteiger partial charge in [-0.3, -0.25) is 4.57 Å². The average molecular weight is 477 g/mol. The van der Waals surface area contributed by atoms with Crippen LogP contribution in [-0.4, -0.2) is 40.6 Å². The van der Waals surface area contributed by atoms with Crippen LogP contribution in [0.1, 0.15) is 18.4 Å². The van der Waals surface area contributed by atoms with Gasteiger partial charge in [-0.25, -0.2) is 8.42 Å². The van der Waals surface area contributed by atoms with Gasteiger partial charge in [0.1, 0.15) is 0 Å². The van der Waals surface area contributed by atoms with Crippen molar-refractivity contribution in [2.24, 2.45) is 0 Å². The largest absolute Gasteiger partial charge is 0.270 e. The summed E-state index contributed by atoms with van der Waals surface area (Å²) in [6, 6.07) is 27.2. The number of rotatable bonds is 7. The molecule has 5 rings (SSSR count). The van der Waals surface area contributed by atoms with Crippen molar-refractivity contribution in [3.8, 4) is 17.1 Å². The molecule has 0 atom stereocenters. The van der Waals surface area contributed by atoms with Gasteiger partial charge in [0.25, 0.3) is 0 Å². The number of sulfonamides is 1. The third-order valence-electron chi connectivity index (χ3n) is 5.65. The first-order valence-corrected chi connectivity index (χ1v) is 13.3. The zero-order chi connectivity index (χ0) is 22.7. The van der Waals surface area contributed by atoms with Gasteiger partial charge in [-0.05, 0) is 42.7 Å². The van der Waals surface area contributed by atoms with Crippen molar-refractivity contribution in [2.75, 3.05) is 13.1 Å². The number of thioether (sulfide) groups is 1. The third-order valence-corrected chi connectivity index (χ3v) is 8.55. The predicted molar refractivity (Wildman–Crippen MR) is 131 cm³/mol. The van der Waals surface area contributed by atoms with Gasteiger partial charge in [0.05, 0.1) is 4.90 Å². The summed E-state index contributed by atoms with van der Waals surface area (Å²) in [5, 5.41) is 9.71. The standard InChI is InChI=1S/C25H24N4O2S2/c30-33(31,28-16-7-8-17-28)23-15-9-12-21(18-23)24-26-27-25(29(24)22-13-5-2-6-14-22)32-19-20-10-3-1-4-11-20/h1-6,9-15,18H,7-8,16-17,19H2. The zero-order valence-corrected chi connectivity index (χ0v) is 19.7. The molecule has 0 N–H and O–H groups in total. The van der Waals surface area contributed by atoms with E-state index in [1.807, 2.05) is 59.2 Å². The van der Waals surface area contributed by atoms with Crippen molar-refractivity contribution in [2.45, 2.75) is 28.6 Å². The fourth-order valence-electron chi connectivity index (χ4n) is 3.96. The summed E-state index contributed by atoms with van der Waals surface area (Å²) in [5.74, 6) is 1.38. The van der Waals surface area contributed by atoms with Crippen LogP contribution in [0.2, 0.25) is 0 Å². The SMILES string of the molecule is O=S(=O)(c1cccc(-c2nnc(SCc3ccccc3)n2-c2ccccc2)c1)N1CCCC1. The smallest absolute Gasteiger partial charge is 0.243 e. The normalized spacial score (nSPS) is 14.5. The quantitative estimate of drug-likeness (QED) is 0.351. The van der Waals surface area contributed by atoms with Crippen LogP contribution >= 0.6 is 11.8 Å². The van der Waals surface area contributed by atoms with E-state index in [0.29, 0.717) is 23.8 Å². The Morgan fingerprint density at radius 3 is 2.24 bits per heavy atom. The van der Waals surface area contributed by atoms with Crippen molar-refractivity contribution in [1.29, 1.82) is 0 Å². The maximum Gasteiger partial charge on any atom is 0.243 e. The topological polar surface area (TPSA) is 68.1 Å². The van der Waals surface area contributed by atoms with E-state index < -0.39 is 10.0 Å². The van der Waals surface area contributed by atoms with Gasteiger partial charge < -0.3 is 0 Å². The zero-order valence-electron chi connectivity index (χ0n) is 18.0. The molecule has 1 fully saturated rings. The molecule has 4 aromatic rings. The van der Waals surface area contributed by atoms with E-state index in [1.54, 1.807) is 34.3 Å². The summed E-state index contributed by atoms with van der Waals surface area (Å²) in [7, 11) is -3.52. The lowest BCUT2D eigenvalue weighted by atomic mass is 10.2. The number of hydrogen-bond acceptors (Lipinski definition) is 5. The predicted octanol–water partition coefficient (Wildman–Crippen LogP) is 5.01. The highest BCUT2D eigenvalue weighted by molar-refractivity contribution is 7.98. The number of para-hydroxylation sites is 1. The molecule has 1 saturated heterocycles. The Morgan fingerprint density at radius 1 is 0.818 bits per heavy atom. The van der Waals surface area contributed by atoms with Crippen LogP contribution in [0.5, 0.6) is 0 Å². The minimum absolute atomic E-state index is 0.294. The summed E-state index contributed by atoms with van der Waals surface area (Å²) in [6.45, 7) is 1.15. The number of aromatic nitrogens is 3. The molecular formula is C25H24N4O2S2. The lowest BCUT2D eigenvalue weighted by Crippen LogP contribution is -2.27. The molecule has 8 heteroatoms. The van der Waals surface area contributed by atoms with Crippen LogP contribution < -0.4 is 0 Å².